The van der Waals surface area contributed by atoms with E-state index in [9.17, 15) is 9.90 Å². The number of benzene rings is 1. The van der Waals surface area contributed by atoms with Gasteiger partial charge in [-0.05, 0) is 57.2 Å². The lowest BCUT2D eigenvalue weighted by atomic mass is 9.97. The zero-order chi connectivity index (χ0) is 16.2. The van der Waals surface area contributed by atoms with Gasteiger partial charge < -0.3 is 14.7 Å². The molecule has 0 aromatic heterocycles. The molecule has 1 N–H and O–H groups in total. The van der Waals surface area contributed by atoms with E-state index < -0.39 is 5.60 Å². The number of hydrogen-bond acceptors (Lipinski definition) is 3. The number of aryl methyl sites for hydroxylation is 1. The number of piperidine rings is 1. The average molecular weight is 305 g/mol. The Morgan fingerprint density at radius 1 is 1.45 bits per heavy atom. The lowest BCUT2D eigenvalue weighted by Crippen LogP contribution is -2.42. The van der Waals surface area contributed by atoms with Crippen LogP contribution in [0.5, 0.6) is 0 Å². The number of rotatable bonds is 5. The molecule has 1 amide bonds. The molecule has 4 nitrogen and oxygen atoms in total. The van der Waals surface area contributed by atoms with Gasteiger partial charge in [-0.1, -0.05) is 12.1 Å². The molecule has 1 fully saturated rings. The number of hydrogen-bond donors (Lipinski definition) is 1. The molecule has 4 heteroatoms. The Bertz CT molecular complexity index is 507. The first-order valence-electron chi connectivity index (χ1n) is 8.02. The molecule has 0 spiro atoms. The SMILES string of the molecule is CO[C@@H]1CCCN(C(=O)c2cccc(CCC(C)(C)O)c2)C1. The summed E-state index contributed by atoms with van der Waals surface area (Å²) in [5.74, 6) is 0.0758. The van der Waals surface area contributed by atoms with Crippen molar-refractivity contribution in [1.29, 1.82) is 0 Å². The first-order valence-corrected chi connectivity index (χ1v) is 8.02. The van der Waals surface area contributed by atoms with Gasteiger partial charge in [0.1, 0.15) is 0 Å². The number of methoxy groups -OCH3 is 1. The van der Waals surface area contributed by atoms with Crippen molar-refractivity contribution >= 4 is 5.91 Å². The van der Waals surface area contributed by atoms with Crippen LogP contribution >= 0.6 is 0 Å². The lowest BCUT2D eigenvalue weighted by Gasteiger charge is -2.32. The van der Waals surface area contributed by atoms with E-state index in [1.165, 1.54) is 0 Å². The Balaban J connectivity index is 2.03. The van der Waals surface area contributed by atoms with Gasteiger partial charge in [0.25, 0.3) is 5.91 Å². The standard InChI is InChI=1S/C18H27NO3/c1-18(2,21)10-9-14-6-4-7-15(12-14)17(20)19-11-5-8-16(13-19)22-3/h4,6-7,12,16,21H,5,8-11,13H2,1-3H3/t16-/m1/s1. The van der Waals surface area contributed by atoms with Gasteiger partial charge in [-0.15, -0.1) is 0 Å². The zero-order valence-electron chi connectivity index (χ0n) is 13.8. The monoisotopic (exact) mass is 305 g/mol. The third kappa shape index (κ3) is 4.82. The molecule has 2 rings (SSSR count). The van der Waals surface area contributed by atoms with Gasteiger partial charge in [0.2, 0.25) is 0 Å². The highest BCUT2D eigenvalue weighted by molar-refractivity contribution is 5.94. The number of likely N-dealkylation sites (tertiary alicyclic amines) is 1. The van der Waals surface area contributed by atoms with Gasteiger partial charge in [-0.25, -0.2) is 0 Å². The fraction of sp³-hybridized carbons (Fsp3) is 0.611. The van der Waals surface area contributed by atoms with Gasteiger partial charge >= 0.3 is 0 Å². The summed E-state index contributed by atoms with van der Waals surface area (Å²) in [7, 11) is 1.70. The maximum absolute atomic E-state index is 12.6. The summed E-state index contributed by atoms with van der Waals surface area (Å²) in [6.45, 7) is 5.08. The summed E-state index contributed by atoms with van der Waals surface area (Å²) in [5.41, 5.74) is 1.14. The Morgan fingerprint density at radius 3 is 2.91 bits per heavy atom. The van der Waals surface area contributed by atoms with Gasteiger partial charge in [0.15, 0.2) is 0 Å². The van der Waals surface area contributed by atoms with Gasteiger partial charge in [-0.3, -0.25) is 4.79 Å². The quantitative estimate of drug-likeness (QED) is 0.910. The van der Waals surface area contributed by atoms with E-state index in [1.54, 1.807) is 21.0 Å². The van der Waals surface area contributed by atoms with E-state index in [0.717, 1.165) is 36.9 Å². The summed E-state index contributed by atoms with van der Waals surface area (Å²) in [5, 5.41) is 9.83. The van der Waals surface area contributed by atoms with E-state index in [2.05, 4.69) is 0 Å². The minimum atomic E-state index is -0.682. The van der Waals surface area contributed by atoms with Crippen molar-refractivity contribution in [2.24, 2.45) is 0 Å². The van der Waals surface area contributed by atoms with E-state index in [-0.39, 0.29) is 12.0 Å². The van der Waals surface area contributed by atoms with Crippen molar-refractivity contribution in [2.75, 3.05) is 20.2 Å². The third-order valence-electron chi connectivity index (χ3n) is 4.20. The van der Waals surface area contributed by atoms with Crippen LogP contribution in [0.4, 0.5) is 0 Å². The number of nitrogens with zero attached hydrogens (tertiary/aromatic N) is 1. The fourth-order valence-electron chi connectivity index (χ4n) is 2.81. The first-order chi connectivity index (χ1) is 10.4. The van der Waals surface area contributed by atoms with Crippen molar-refractivity contribution in [3.63, 3.8) is 0 Å². The Morgan fingerprint density at radius 2 is 2.23 bits per heavy atom. The molecule has 22 heavy (non-hydrogen) atoms. The van der Waals surface area contributed by atoms with E-state index >= 15 is 0 Å². The van der Waals surface area contributed by atoms with Gasteiger partial charge in [0.05, 0.1) is 11.7 Å². The first kappa shape index (κ1) is 17.0. The maximum atomic E-state index is 12.6. The molecule has 0 radical (unpaired) electrons. The highest BCUT2D eigenvalue weighted by atomic mass is 16.5. The van der Waals surface area contributed by atoms with Crippen LogP contribution in [0.3, 0.4) is 0 Å². The molecule has 1 atom stereocenters. The molecule has 1 aliphatic rings. The second-order valence-corrected chi connectivity index (χ2v) is 6.76. The second-order valence-electron chi connectivity index (χ2n) is 6.76. The van der Waals surface area contributed by atoms with E-state index in [0.29, 0.717) is 13.0 Å². The molecule has 0 bridgehead atoms. The minimum absolute atomic E-state index is 0.0758. The highest BCUT2D eigenvalue weighted by Gasteiger charge is 2.24. The number of aliphatic hydroxyl groups is 1. The van der Waals surface area contributed by atoms with Crippen molar-refractivity contribution in [1.82, 2.24) is 4.90 Å². The molecule has 1 aromatic rings. The van der Waals surface area contributed by atoms with Crippen LogP contribution in [0.15, 0.2) is 24.3 Å². The summed E-state index contributed by atoms with van der Waals surface area (Å²) in [4.78, 5) is 14.5. The molecule has 1 saturated heterocycles. The molecule has 122 valence electrons. The normalized spacial score (nSPS) is 19.3. The van der Waals surface area contributed by atoms with Crippen molar-refractivity contribution < 1.29 is 14.6 Å². The largest absolute Gasteiger partial charge is 0.390 e. The Hall–Kier alpha value is -1.39. The third-order valence-corrected chi connectivity index (χ3v) is 4.20. The van der Waals surface area contributed by atoms with E-state index in [1.807, 2.05) is 29.2 Å². The smallest absolute Gasteiger partial charge is 0.253 e. The summed E-state index contributed by atoms with van der Waals surface area (Å²) in [6.07, 6.45) is 3.61. The lowest BCUT2D eigenvalue weighted by molar-refractivity contribution is 0.0269. The van der Waals surface area contributed by atoms with Crippen LogP contribution in [0.1, 0.15) is 49.0 Å². The number of carbonyl (C=O) groups excluding carboxylic acids is 1. The highest BCUT2D eigenvalue weighted by Crippen LogP contribution is 2.18. The summed E-state index contributed by atoms with van der Waals surface area (Å²) >= 11 is 0. The predicted molar refractivity (Wildman–Crippen MR) is 87.0 cm³/mol. The second kappa shape index (κ2) is 7.25. The molecule has 0 unspecified atom stereocenters. The molecule has 1 aromatic carbocycles. The van der Waals surface area contributed by atoms with Crippen LogP contribution in [0.25, 0.3) is 0 Å². The van der Waals surface area contributed by atoms with Gasteiger partial charge in [0, 0.05) is 25.8 Å². The predicted octanol–water partition coefficient (Wildman–Crippen LogP) is 2.64. The molecule has 1 aliphatic heterocycles. The summed E-state index contributed by atoms with van der Waals surface area (Å²) < 4.78 is 5.39. The molecular formula is C18H27NO3. The Kier molecular flexibility index (Phi) is 5.59. The van der Waals surface area contributed by atoms with Crippen molar-refractivity contribution in [2.45, 2.75) is 51.2 Å². The fourth-order valence-corrected chi connectivity index (χ4v) is 2.81. The minimum Gasteiger partial charge on any atom is -0.390 e. The molecular weight excluding hydrogens is 278 g/mol. The van der Waals surface area contributed by atoms with Crippen LogP contribution < -0.4 is 0 Å². The molecule has 0 saturated carbocycles. The molecule has 0 aliphatic carbocycles. The van der Waals surface area contributed by atoms with Crippen LogP contribution in [-0.4, -0.2) is 47.8 Å². The zero-order valence-corrected chi connectivity index (χ0v) is 13.8. The van der Waals surface area contributed by atoms with Gasteiger partial charge in [-0.2, -0.15) is 0 Å². The van der Waals surface area contributed by atoms with Crippen molar-refractivity contribution in [3.8, 4) is 0 Å². The number of ether oxygens (including phenoxy) is 1. The topological polar surface area (TPSA) is 49.8 Å². The Labute approximate surface area is 133 Å². The number of carbonyl (C=O) groups is 1. The number of amides is 1. The van der Waals surface area contributed by atoms with Crippen LogP contribution in [0, 0.1) is 0 Å². The summed E-state index contributed by atoms with van der Waals surface area (Å²) in [6, 6.07) is 7.75. The van der Waals surface area contributed by atoms with Crippen LogP contribution in [0.2, 0.25) is 0 Å². The average Bonchev–Trinajstić information content (AvgIpc) is 2.52. The maximum Gasteiger partial charge on any atom is 0.253 e. The van der Waals surface area contributed by atoms with E-state index in [4.69, 9.17) is 4.74 Å². The van der Waals surface area contributed by atoms with Crippen LogP contribution in [-0.2, 0) is 11.2 Å². The van der Waals surface area contributed by atoms with Crippen molar-refractivity contribution in [3.05, 3.63) is 35.4 Å². The molecule has 1 heterocycles.